The van der Waals surface area contributed by atoms with E-state index in [4.69, 9.17) is 40.5 Å². The van der Waals surface area contributed by atoms with E-state index in [1.54, 1.807) is 40.9 Å². The third-order valence-corrected chi connectivity index (χ3v) is 3.59. The van der Waals surface area contributed by atoms with Gasteiger partial charge in [-0.25, -0.2) is 4.98 Å². The van der Waals surface area contributed by atoms with Crippen LogP contribution in [0, 0.1) is 0 Å². The molecule has 0 unspecified atom stereocenters. The van der Waals surface area contributed by atoms with Crippen LogP contribution < -0.4 is 5.73 Å². The van der Waals surface area contributed by atoms with Crippen molar-refractivity contribution >= 4 is 46.3 Å². The van der Waals surface area contributed by atoms with Gasteiger partial charge in [0.15, 0.2) is 0 Å². The number of aromatic nitrogens is 2. The fourth-order valence-electron chi connectivity index (χ4n) is 1.91. The Balaban J connectivity index is 2.31. The summed E-state index contributed by atoms with van der Waals surface area (Å²) in [4.78, 5) is 4.46. The van der Waals surface area contributed by atoms with Crippen LogP contribution in [0.1, 0.15) is 0 Å². The summed E-state index contributed by atoms with van der Waals surface area (Å²) in [7, 11) is 0. The van der Waals surface area contributed by atoms with Crippen LogP contribution in [0.3, 0.4) is 0 Å². The molecule has 0 saturated heterocycles. The van der Waals surface area contributed by atoms with Gasteiger partial charge in [0.25, 0.3) is 0 Å². The predicted octanol–water partition coefficient (Wildman–Crippen LogP) is 4.54. The van der Waals surface area contributed by atoms with E-state index >= 15 is 0 Å². The Kier molecular flexibility index (Phi) is 3.05. The molecular formula is C13H8Cl3N3. The normalized spacial score (nSPS) is 11.1. The molecule has 6 heteroatoms. The quantitative estimate of drug-likeness (QED) is 0.716. The van der Waals surface area contributed by atoms with Crippen molar-refractivity contribution in [3.05, 3.63) is 51.6 Å². The molecule has 0 amide bonds. The van der Waals surface area contributed by atoms with Gasteiger partial charge in [0.05, 0.1) is 10.0 Å². The van der Waals surface area contributed by atoms with Gasteiger partial charge in [-0.15, -0.1) is 0 Å². The molecule has 0 aliphatic heterocycles. The first-order valence-corrected chi connectivity index (χ1v) is 6.58. The van der Waals surface area contributed by atoms with Gasteiger partial charge in [-0.1, -0.05) is 34.8 Å². The Morgan fingerprint density at radius 1 is 1.00 bits per heavy atom. The van der Waals surface area contributed by atoms with Crippen LogP contribution in [0.15, 0.2) is 36.5 Å². The molecule has 0 aliphatic rings. The first-order chi connectivity index (χ1) is 9.06. The van der Waals surface area contributed by atoms with Gasteiger partial charge in [-0.05, 0) is 30.3 Å². The third-order valence-electron chi connectivity index (χ3n) is 2.80. The number of hydrogen-bond donors (Lipinski definition) is 1. The summed E-state index contributed by atoms with van der Waals surface area (Å²) in [5.41, 5.74) is 8.09. The summed E-state index contributed by atoms with van der Waals surface area (Å²) in [6.45, 7) is 0. The molecule has 1 aromatic carbocycles. The van der Waals surface area contributed by atoms with Crippen LogP contribution >= 0.6 is 34.8 Å². The molecule has 2 N–H and O–H groups in total. The number of rotatable bonds is 1. The highest BCUT2D eigenvalue weighted by molar-refractivity contribution is 6.35. The highest BCUT2D eigenvalue weighted by Gasteiger charge is 2.14. The maximum Gasteiger partial charge on any atom is 0.139 e. The fourth-order valence-corrected chi connectivity index (χ4v) is 2.45. The molecule has 3 aromatic rings. The number of nitrogen functional groups attached to an aromatic ring is 1. The monoisotopic (exact) mass is 311 g/mol. The Hall–Kier alpha value is -1.42. The molecule has 0 spiro atoms. The highest BCUT2D eigenvalue weighted by Crippen LogP contribution is 2.34. The van der Waals surface area contributed by atoms with Gasteiger partial charge >= 0.3 is 0 Å². The molecule has 3 rings (SSSR count). The van der Waals surface area contributed by atoms with Crippen LogP contribution in [-0.4, -0.2) is 9.38 Å². The number of hydrogen-bond acceptors (Lipinski definition) is 2. The fraction of sp³-hybridized carbons (Fsp3) is 0. The maximum absolute atomic E-state index is 6.17. The largest absolute Gasteiger partial charge is 0.383 e. The number of nitrogens with two attached hydrogens (primary N) is 1. The molecule has 2 aromatic heterocycles. The molecule has 0 saturated carbocycles. The SMILES string of the molecule is Nc1c(-c2cc(Cl)ccc2Cl)nc2ccc(Cl)cn12. The van der Waals surface area contributed by atoms with E-state index in [0.717, 1.165) is 0 Å². The van der Waals surface area contributed by atoms with E-state index in [1.807, 2.05) is 0 Å². The molecule has 0 bridgehead atoms. The number of anilines is 1. The van der Waals surface area contributed by atoms with Gasteiger partial charge < -0.3 is 5.73 Å². The summed E-state index contributed by atoms with van der Waals surface area (Å²) in [6, 6.07) is 8.73. The van der Waals surface area contributed by atoms with E-state index in [9.17, 15) is 0 Å². The molecule has 3 nitrogen and oxygen atoms in total. The summed E-state index contributed by atoms with van der Waals surface area (Å²) in [6.07, 6.45) is 1.71. The van der Waals surface area contributed by atoms with Crippen molar-refractivity contribution in [1.29, 1.82) is 0 Å². The first kappa shape index (κ1) is 12.6. The van der Waals surface area contributed by atoms with Crippen LogP contribution in [0.25, 0.3) is 16.9 Å². The van der Waals surface area contributed by atoms with Crippen molar-refractivity contribution in [3.8, 4) is 11.3 Å². The summed E-state index contributed by atoms with van der Waals surface area (Å²) >= 11 is 18.1. The van der Waals surface area contributed by atoms with Crippen LogP contribution in [0.4, 0.5) is 5.82 Å². The zero-order valence-corrected chi connectivity index (χ0v) is 11.8. The smallest absolute Gasteiger partial charge is 0.139 e. The lowest BCUT2D eigenvalue weighted by atomic mass is 10.1. The second kappa shape index (κ2) is 4.60. The van der Waals surface area contributed by atoms with E-state index in [-0.39, 0.29) is 0 Å². The van der Waals surface area contributed by atoms with E-state index < -0.39 is 0 Å². The lowest BCUT2D eigenvalue weighted by Crippen LogP contribution is -1.94. The van der Waals surface area contributed by atoms with Crippen molar-refractivity contribution in [2.45, 2.75) is 0 Å². The van der Waals surface area contributed by atoms with E-state index in [0.29, 0.717) is 37.8 Å². The van der Waals surface area contributed by atoms with E-state index in [2.05, 4.69) is 4.98 Å². The van der Waals surface area contributed by atoms with Crippen molar-refractivity contribution in [2.75, 3.05) is 5.73 Å². The molecule has 0 aliphatic carbocycles. The Bertz CT molecular complexity index is 780. The molecule has 0 radical (unpaired) electrons. The van der Waals surface area contributed by atoms with Crippen LogP contribution in [0.5, 0.6) is 0 Å². The maximum atomic E-state index is 6.17. The molecule has 96 valence electrons. The Labute approximate surface area is 124 Å². The van der Waals surface area contributed by atoms with Gasteiger partial charge in [-0.3, -0.25) is 4.40 Å². The molecule has 2 heterocycles. The lowest BCUT2D eigenvalue weighted by molar-refractivity contribution is 1.20. The van der Waals surface area contributed by atoms with Gasteiger partial charge in [0.2, 0.25) is 0 Å². The van der Waals surface area contributed by atoms with Crippen molar-refractivity contribution in [3.63, 3.8) is 0 Å². The topological polar surface area (TPSA) is 43.3 Å². The number of halogens is 3. The van der Waals surface area contributed by atoms with Crippen molar-refractivity contribution in [2.24, 2.45) is 0 Å². The minimum atomic E-state index is 0.474. The standard InChI is InChI=1S/C13H8Cl3N3/c14-7-1-3-10(16)9(5-7)12-13(17)19-6-8(15)2-4-11(19)18-12/h1-6H,17H2. The zero-order valence-electron chi connectivity index (χ0n) is 9.57. The molecule has 0 fully saturated rings. The van der Waals surface area contributed by atoms with Crippen molar-refractivity contribution in [1.82, 2.24) is 9.38 Å². The van der Waals surface area contributed by atoms with Crippen LogP contribution in [-0.2, 0) is 0 Å². The number of fused-ring (bicyclic) bond motifs is 1. The molecule has 19 heavy (non-hydrogen) atoms. The predicted molar refractivity (Wildman–Crippen MR) is 80.1 cm³/mol. The van der Waals surface area contributed by atoms with Gasteiger partial charge in [-0.2, -0.15) is 0 Å². The second-order valence-corrected chi connectivity index (χ2v) is 5.33. The Morgan fingerprint density at radius 3 is 2.53 bits per heavy atom. The summed E-state index contributed by atoms with van der Waals surface area (Å²) in [5, 5.41) is 1.71. The second-order valence-electron chi connectivity index (χ2n) is 4.05. The van der Waals surface area contributed by atoms with Crippen LogP contribution in [0.2, 0.25) is 15.1 Å². The minimum Gasteiger partial charge on any atom is -0.383 e. The van der Waals surface area contributed by atoms with Crippen molar-refractivity contribution < 1.29 is 0 Å². The van der Waals surface area contributed by atoms with Gasteiger partial charge in [0, 0.05) is 16.8 Å². The summed E-state index contributed by atoms with van der Waals surface area (Å²) in [5.74, 6) is 0.474. The third kappa shape index (κ3) is 2.14. The van der Waals surface area contributed by atoms with E-state index in [1.165, 1.54) is 0 Å². The zero-order chi connectivity index (χ0) is 13.6. The van der Waals surface area contributed by atoms with Gasteiger partial charge in [0.1, 0.15) is 17.2 Å². The number of imidazole rings is 1. The molecule has 0 atom stereocenters. The highest BCUT2D eigenvalue weighted by atomic mass is 35.5. The average Bonchev–Trinajstić information content (AvgIpc) is 2.70. The Morgan fingerprint density at radius 2 is 1.74 bits per heavy atom. The molecular weight excluding hydrogens is 305 g/mol. The number of pyridine rings is 1. The average molecular weight is 313 g/mol. The number of benzene rings is 1. The number of nitrogens with zero attached hydrogens (tertiary/aromatic N) is 2. The minimum absolute atomic E-state index is 0.474. The first-order valence-electron chi connectivity index (χ1n) is 5.45. The summed E-state index contributed by atoms with van der Waals surface area (Å²) < 4.78 is 1.72. The lowest BCUT2D eigenvalue weighted by Gasteiger charge is -2.03.